The molecular weight excluding hydrogens is 298 g/mol. The summed E-state index contributed by atoms with van der Waals surface area (Å²) in [4.78, 5) is 0. The van der Waals surface area contributed by atoms with Gasteiger partial charge in [0.15, 0.2) is 0 Å². The zero-order chi connectivity index (χ0) is 15.2. The fourth-order valence-electron chi connectivity index (χ4n) is 2.59. The normalized spacial score (nSPS) is 22.9. The highest BCUT2D eigenvalue weighted by Gasteiger charge is 2.43. The first-order valence-electron chi connectivity index (χ1n) is 6.44. The molecule has 114 valence electrons. The smallest absolute Gasteiger partial charge is 0.252 e. The molecule has 2 heterocycles. The van der Waals surface area contributed by atoms with E-state index < -0.39 is 21.2 Å². The van der Waals surface area contributed by atoms with Gasteiger partial charge in [0.25, 0.3) is 10.0 Å². The van der Waals surface area contributed by atoms with E-state index in [1.54, 1.807) is 5.38 Å². The molecule has 0 aromatic carbocycles. The number of hydrogen-bond acceptors (Lipinski definition) is 5. The van der Waals surface area contributed by atoms with Crippen LogP contribution in [-0.4, -0.2) is 42.1 Å². The minimum atomic E-state index is -3.53. The molecule has 1 aromatic rings. The first kappa shape index (κ1) is 15.9. The first-order chi connectivity index (χ1) is 9.06. The molecule has 1 aliphatic rings. The van der Waals surface area contributed by atoms with Crippen LogP contribution in [-0.2, 0) is 21.4 Å². The van der Waals surface area contributed by atoms with Gasteiger partial charge in [-0.1, -0.05) is 0 Å². The molecule has 0 saturated carbocycles. The van der Waals surface area contributed by atoms with Gasteiger partial charge in [0.05, 0.1) is 17.8 Å². The Balaban J connectivity index is 2.33. The molecule has 1 aromatic heterocycles. The van der Waals surface area contributed by atoms with Crippen molar-refractivity contribution in [3.8, 4) is 0 Å². The van der Waals surface area contributed by atoms with E-state index in [0.717, 1.165) is 11.3 Å². The number of ether oxygens (including phenoxy) is 1. The fraction of sp³-hybridized carbons (Fsp3) is 0.692. The van der Waals surface area contributed by atoms with Crippen molar-refractivity contribution >= 4 is 21.4 Å². The van der Waals surface area contributed by atoms with E-state index in [1.165, 1.54) is 10.4 Å². The first-order valence-corrected chi connectivity index (χ1v) is 8.76. The molecule has 0 amide bonds. The fourth-order valence-corrected chi connectivity index (χ4v) is 5.68. The molecule has 0 radical (unpaired) electrons. The molecule has 1 N–H and O–H groups in total. The van der Waals surface area contributed by atoms with Crippen molar-refractivity contribution in [1.82, 2.24) is 4.31 Å². The largest absolute Gasteiger partial charge is 0.392 e. The Morgan fingerprint density at radius 3 is 2.30 bits per heavy atom. The Hall–Kier alpha value is -0.470. The lowest BCUT2D eigenvalue weighted by atomic mass is 10.0. The molecule has 0 aliphatic carbocycles. The SMILES string of the molecule is CC1(C)CN(S(=O)(=O)c2cc(CO)cs2)CC(C)(C)O1. The number of morpholine rings is 1. The van der Waals surface area contributed by atoms with Crippen LogP contribution >= 0.6 is 11.3 Å². The molecule has 0 spiro atoms. The molecule has 1 aliphatic heterocycles. The highest BCUT2D eigenvalue weighted by molar-refractivity contribution is 7.91. The summed E-state index contributed by atoms with van der Waals surface area (Å²) in [5.41, 5.74) is -0.419. The van der Waals surface area contributed by atoms with Gasteiger partial charge in [0.2, 0.25) is 0 Å². The third kappa shape index (κ3) is 3.23. The van der Waals surface area contributed by atoms with Crippen LogP contribution in [0.15, 0.2) is 15.7 Å². The molecular formula is C13H21NO4S2. The number of rotatable bonds is 3. The van der Waals surface area contributed by atoms with Crippen molar-refractivity contribution in [1.29, 1.82) is 0 Å². The summed E-state index contributed by atoms with van der Waals surface area (Å²) in [6, 6.07) is 1.54. The van der Waals surface area contributed by atoms with E-state index in [4.69, 9.17) is 9.84 Å². The van der Waals surface area contributed by atoms with Gasteiger partial charge in [-0.05, 0) is 44.7 Å². The summed E-state index contributed by atoms with van der Waals surface area (Å²) in [7, 11) is -3.53. The Labute approximate surface area is 124 Å². The summed E-state index contributed by atoms with van der Waals surface area (Å²) in [5.74, 6) is 0. The maximum atomic E-state index is 12.7. The number of aliphatic hydroxyl groups is 1. The summed E-state index contributed by atoms with van der Waals surface area (Å²) in [5, 5.41) is 10.7. The number of nitrogens with zero attached hydrogens (tertiary/aromatic N) is 1. The zero-order valence-electron chi connectivity index (χ0n) is 12.2. The molecule has 1 saturated heterocycles. The Morgan fingerprint density at radius 1 is 1.30 bits per heavy atom. The van der Waals surface area contributed by atoms with Crippen molar-refractivity contribution in [3.05, 3.63) is 17.0 Å². The zero-order valence-corrected chi connectivity index (χ0v) is 13.8. The van der Waals surface area contributed by atoms with E-state index in [1.807, 2.05) is 27.7 Å². The standard InChI is InChI=1S/C13H21NO4S2/c1-12(2)8-14(9-13(3,4)18-12)20(16,17)11-5-10(6-15)7-19-11/h5,7,15H,6,8-9H2,1-4H3. The monoisotopic (exact) mass is 319 g/mol. The van der Waals surface area contributed by atoms with Crippen molar-refractivity contribution in [3.63, 3.8) is 0 Å². The van der Waals surface area contributed by atoms with Crippen LogP contribution in [0.4, 0.5) is 0 Å². The Kier molecular flexibility index (Phi) is 4.03. The molecule has 20 heavy (non-hydrogen) atoms. The van der Waals surface area contributed by atoms with Gasteiger partial charge in [0, 0.05) is 13.1 Å². The lowest BCUT2D eigenvalue weighted by molar-refractivity contribution is -0.163. The van der Waals surface area contributed by atoms with Crippen LogP contribution in [0.2, 0.25) is 0 Å². The minimum absolute atomic E-state index is 0.147. The lowest BCUT2D eigenvalue weighted by Gasteiger charge is -2.46. The Morgan fingerprint density at radius 2 is 1.85 bits per heavy atom. The second-order valence-electron chi connectivity index (χ2n) is 6.33. The van der Waals surface area contributed by atoms with Gasteiger partial charge in [-0.3, -0.25) is 0 Å². The van der Waals surface area contributed by atoms with Crippen molar-refractivity contribution < 1.29 is 18.3 Å². The predicted molar refractivity (Wildman–Crippen MR) is 78.2 cm³/mol. The number of hydrogen-bond donors (Lipinski definition) is 1. The van der Waals surface area contributed by atoms with E-state index in [9.17, 15) is 8.42 Å². The number of aliphatic hydroxyl groups excluding tert-OH is 1. The van der Waals surface area contributed by atoms with Crippen molar-refractivity contribution in [2.75, 3.05) is 13.1 Å². The van der Waals surface area contributed by atoms with Crippen LogP contribution in [0.5, 0.6) is 0 Å². The third-order valence-electron chi connectivity index (χ3n) is 3.07. The summed E-state index contributed by atoms with van der Waals surface area (Å²) in [6.45, 7) is 8.07. The highest BCUT2D eigenvalue weighted by atomic mass is 32.2. The van der Waals surface area contributed by atoms with E-state index in [2.05, 4.69) is 0 Å². The highest BCUT2D eigenvalue weighted by Crippen LogP contribution is 2.33. The van der Waals surface area contributed by atoms with Crippen molar-refractivity contribution in [2.24, 2.45) is 0 Å². The van der Waals surface area contributed by atoms with E-state index >= 15 is 0 Å². The number of thiophene rings is 1. The van der Waals surface area contributed by atoms with Crippen molar-refractivity contribution in [2.45, 2.75) is 49.7 Å². The molecule has 0 atom stereocenters. The van der Waals surface area contributed by atoms with Crippen LogP contribution in [0.3, 0.4) is 0 Å². The van der Waals surface area contributed by atoms with Gasteiger partial charge < -0.3 is 9.84 Å². The summed E-state index contributed by atoms with van der Waals surface area (Å²) < 4.78 is 33.0. The minimum Gasteiger partial charge on any atom is -0.392 e. The van der Waals surface area contributed by atoms with E-state index in [-0.39, 0.29) is 10.8 Å². The average molecular weight is 319 g/mol. The molecule has 1 fully saturated rings. The predicted octanol–water partition coefficient (Wildman–Crippen LogP) is 1.82. The van der Waals surface area contributed by atoms with Gasteiger partial charge in [-0.25, -0.2) is 8.42 Å². The van der Waals surface area contributed by atoms with Crippen LogP contribution < -0.4 is 0 Å². The van der Waals surface area contributed by atoms with Crippen LogP contribution in [0, 0.1) is 0 Å². The van der Waals surface area contributed by atoms with Crippen LogP contribution in [0.25, 0.3) is 0 Å². The summed E-state index contributed by atoms with van der Waals surface area (Å²) >= 11 is 1.14. The second-order valence-corrected chi connectivity index (χ2v) is 9.40. The molecule has 0 bridgehead atoms. The van der Waals surface area contributed by atoms with Gasteiger partial charge >= 0.3 is 0 Å². The molecule has 7 heteroatoms. The topological polar surface area (TPSA) is 66.8 Å². The maximum absolute atomic E-state index is 12.7. The molecule has 5 nitrogen and oxygen atoms in total. The number of sulfonamides is 1. The molecule has 2 rings (SSSR count). The summed E-state index contributed by atoms with van der Waals surface area (Å²) in [6.07, 6.45) is 0. The van der Waals surface area contributed by atoms with Gasteiger partial charge in [0.1, 0.15) is 4.21 Å². The maximum Gasteiger partial charge on any atom is 0.252 e. The van der Waals surface area contributed by atoms with Crippen LogP contribution in [0.1, 0.15) is 33.3 Å². The van der Waals surface area contributed by atoms with Gasteiger partial charge in [-0.2, -0.15) is 4.31 Å². The average Bonchev–Trinajstić information content (AvgIpc) is 2.73. The molecule has 0 unspecified atom stereocenters. The second kappa shape index (κ2) is 5.06. The van der Waals surface area contributed by atoms with E-state index in [0.29, 0.717) is 18.7 Å². The lowest BCUT2D eigenvalue weighted by Crippen LogP contribution is -2.58. The Bertz CT molecular complexity index is 573. The third-order valence-corrected chi connectivity index (χ3v) is 6.33. The quantitative estimate of drug-likeness (QED) is 0.923. The van der Waals surface area contributed by atoms with Gasteiger partial charge in [-0.15, -0.1) is 11.3 Å².